The van der Waals surface area contributed by atoms with Crippen LogP contribution >= 0.6 is 15.9 Å². The van der Waals surface area contributed by atoms with E-state index in [2.05, 4.69) is 25.9 Å². The van der Waals surface area contributed by atoms with Gasteiger partial charge < -0.3 is 9.72 Å². The largest absolute Gasteiger partial charge is 0.465 e. The third-order valence-electron chi connectivity index (χ3n) is 2.98. The van der Waals surface area contributed by atoms with Gasteiger partial charge in [0, 0.05) is 13.1 Å². The number of halogens is 1. The molecule has 0 aliphatic carbocycles. The van der Waals surface area contributed by atoms with Crippen molar-refractivity contribution in [3.05, 3.63) is 28.5 Å². The Hall–Kier alpha value is -1.69. The number of esters is 1. The average molecular weight is 339 g/mol. The van der Waals surface area contributed by atoms with Crippen molar-refractivity contribution in [1.29, 1.82) is 0 Å². The lowest BCUT2D eigenvalue weighted by Crippen LogP contribution is -2.30. The van der Waals surface area contributed by atoms with Crippen LogP contribution in [0.3, 0.4) is 0 Å². The highest BCUT2D eigenvalue weighted by atomic mass is 79.9. The molecule has 0 bridgehead atoms. The summed E-state index contributed by atoms with van der Waals surface area (Å²) in [5.41, 5.74) is 1.10. The summed E-state index contributed by atoms with van der Waals surface area (Å²) in [6.07, 6.45) is 1.64. The lowest BCUT2D eigenvalue weighted by molar-refractivity contribution is -0.143. The monoisotopic (exact) mass is 338 g/mol. The van der Waals surface area contributed by atoms with Crippen molar-refractivity contribution in [2.75, 3.05) is 6.61 Å². The minimum Gasteiger partial charge on any atom is -0.465 e. The first kappa shape index (κ1) is 14.7. The number of aromatic nitrogens is 2. The molecule has 6 heteroatoms. The molecule has 0 amide bonds. The molecule has 0 aliphatic heterocycles. The summed E-state index contributed by atoms with van der Waals surface area (Å²) in [5.74, 6) is -0.513. The Labute approximate surface area is 124 Å². The maximum atomic E-state index is 12.6. The van der Waals surface area contributed by atoms with E-state index in [0.29, 0.717) is 15.7 Å². The highest BCUT2D eigenvalue weighted by molar-refractivity contribution is 9.10. The van der Waals surface area contributed by atoms with Gasteiger partial charge in [0.2, 0.25) is 0 Å². The Kier molecular flexibility index (Phi) is 3.94. The highest BCUT2D eigenvalue weighted by Gasteiger charge is 2.32. The SMILES string of the molecule is CC(=O)OCC(C)(C)C(=O)c1c[nH]c2ccc(Br)nc12. The summed E-state index contributed by atoms with van der Waals surface area (Å²) in [6, 6.07) is 3.65. The van der Waals surface area contributed by atoms with E-state index in [0.717, 1.165) is 5.52 Å². The van der Waals surface area contributed by atoms with Gasteiger partial charge in [-0.05, 0) is 41.9 Å². The first-order valence-corrected chi connectivity index (χ1v) is 6.92. The standard InChI is InChI=1S/C14H15BrN2O3/c1-8(18)20-7-14(2,3)13(19)9-6-16-10-4-5-11(15)17-12(9)10/h4-6,16H,7H2,1-3H3. The van der Waals surface area contributed by atoms with Gasteiger partial charge in [0.05, 0.1) is 16.5 Å². The number of carbonyl (C=O) groups is 2. The van der Waals surface area contributed by atoms with Gasteiger partial charge in [-0.3, -0.25) is 9.59 Å². The van der Waals surface area contributed by atoms with Gasteiger partial charge in [-0.15, -0.1) is 0 Å². The molecule has 0 fully saturated rings. The smallest absolute Gasteiger partial charge is 0.302 e. The summed E-state index contributed by atoms with van der Waals surface area (Å²) in [6.45, 7) is 4.86. The number of pyridine rings is 1. The fourth-order valence-electron chi connectivity index (χ4n) is 1.86. The van der Waals surface area contributed by atoms with Crippen LogP contribution in [0.5, 0.6) is 0 Å². The fourth-order valence-corrected chi connectivity index (χ4v) is 2.17. The Balaban J connectivity index is 2.35. The van der Waals surface area contributed by atoms with E-state index in [1.165, 1.54) is 6.92 Å². The number of nitrogens with one attached hydrogen (secondary N) is 1. The molecule has 0 unspecified atom stereocenters. The summed E-state index contributed by atoms with van der Waals surface area (Å²) in [5, 5.41) is 0. The number of fused-ring (bicyclic) bond motifs is 1. The van der Waals surface area contributed by atoms with Gasteiger partial charge in [-0.2, -0.15) is 0 Å². The number of hydrogen-bond acceptors (Lipinski definition) is 4. The molecular weight excluding hydrogens is 324 g/mol. The number of aromatic amines is 1. The van der Waals surface area contributed by atoms with Crippen molar-refractivity contribution in [2.24, 2.45) is 5.41 Å². The zero-order valence-electron chi connectivity index (χ0n) is 11.5. The zero-order valence-corrected chi connectivity index (χ0v) is 13.1. The number of nitrogens with zero attached hydrogens (tertiary/aromatic N) is 1. The molecule has 2 heterocycles. The fraction of sp³-hybridized carbons (Fsp3) is 0.357. The van der Waals surface area contributed by atoms with Crippen LogP contribution in [-0.4, -0.2) is 28.3 Å². The van der Waals surface area contributed by atoms with Gasteiger partial charge in [0.25, 0.3) is 0 Å². The van der Waals surface area contributed by atoms with Gasteiger partial charge in [-0.25, -0.2) is 4.98 Å². The predicted molar refractivity (Wildman–Crippen MR) is 78.5 cm³/mol. The Morgan fingerprint density at radius 3 is 2.75 bits per heavy atom. The minimum absolute atomic E-state index is 0.0435. The summed E-state index contributed by atoms with van der Waals surface area (Å²) < 4.78 is 5.63. The number of Topliss-reactive ketones (excluding diaryl/α,β-unsaturated/α-hetero) is 1. The first-order valence-electron chi connectivity index (χ1n) is 6.13. The molecule has 0 saturated heterocycles. The lowest BCUT2D eigenvalue weighted by Gasteiger charge is -2.21. The molecule has 2 aromatic rings. The van der Waals surface area contributed by atoms with Crippen LogP contribution in [0.4, 0.5) is 0 Å². The molecule has 20 heavy (non-hydrogen) atoms. The van der Waals surface area contributed by atoms with Crippen molar-refractivity contribution in [1.82, 2.24) is 9.97 Å². The number of carbonyl (C=O) groups excluding carboxylic acids is 2. The normalized spacial score (nSPS) is 11.6. The van der Waals surface area contributed by atoms with Crippen LogP contribution in [0.1, 0.15) is 31.1 Å². The van der Waals surface area contributed by atoms with Gasteiger partial charge >= 0.3 is 5.97 Å². The number of hydrogen-bond donors (Lipinski definition) is 1. The number of rotatable bonds is 4. The number of ether oxygens (including phenoxy) is 1. The molecule has 0 aromatic carbocycles. The Morgan fingerprint density at radius 2 is 2.10 bits per heavy atom. The molecule has 0 saturated carbocycles. The molecule has 106 valence electrons. The van der Waals surface area contributed by atoms with E-state index in [9.17, 15) is 9.59 Å². The van der Waals surface area contributed by atoms with Crippen molar-refractivity contribution in [2.45, 2.75) is 20.8 Å². The zero-order chi connectivity index (χ0) is 14.9. The maximum absolute atomic E-state index is 12.6. The predicted octanol–water partition coefficient (Wildman–Crippen LogP) is 3.10. The molecule has 2 rings (SSSR count). The Bertz CT molecular complexity index is 676. The van der Waals surface area contributed by atoms with Gasteiger partial charge in [0.15, 0.2) is 5.78 Å². The van der Waals surface area contributed by atoms with Crippen LogP contribution in [-0.2, 0) is 9.53 Å². The summed E-state index contributed by atoms with van der Waals surface area (Å²) >= 11 is 3.30. The second-order valence-electron chi connectivity index (χ2n) is 5.23. The Morgan fingerprint density at radius 1 is 1.40 bits per heavy atom. The second-order valence-corrected chi connectivity index (χ2v) is 6.04. The van der Waals surface area contributed by atoms with Crippen LogP contribution in [0, 0.1) is 5.41 Å². The summed E-state index contributed by atoms with van der Waals surface area (Å²) in [4.78, 5) is 30.8. The van der Waals surface area contributed by atoms with Crippen LogP contribution in [0.15, 0.2) is 22.9 Å². The van der Waals surface area contributed by atoms with Gasteiger partial charge in [-0.1, -0.05) is 0 Å². The number of H-pyrrole nitrogens is 1. The van der Waals surface area contributed by atoms with Crippen molar-refractivity contribution in [3.8, 4) is 0 Å². The molecule has 5 nitrogen and oxygen atoms in total. The van der Waals surface area contributed by atoms with E-state index >= 15 is 0 Å². The highest BCUT2D eigenvalue weighted by Crippen LogP contribution is 2.27. The van der Waals surface area contributed by atoms with E-state index in [4.69, 9.17) is 4.74 Å². The minimum atomic E-state index is -0.801. The number of ketones is 1. The van der Waals surface area contributed by atoms with Crippen molar-refractivity contribution >= 4 is 38.7 Å². The van der Waals surface area contributed by atoms with Crippen LogP contribution in [0.25, 0.3) is 11.0 Å². The topological polar surface area (TPSA) is 72.1 Å². The van der Waals surface area contributed by atoms with Crippen LogP contribution in [0.2, 0.25) is 0 Å². The molecule has 2 aromatic heterocycles. The molecule has 0 atom stereocenters. The molecule has 0 aliphatic rings. The third-order valence-corrected chi connectivity index (χ3v) is 3.43. The quantitative estimate of drug-likeness (QED) is 0.528. The van der Waals surface area contributed by atoms with E-state index in [1.54, 1.807) is 26.1 Å². The molecular formula is C14H15BrN2O3. The van der Waals surface area contributed by atoms with Crippen LogP contribution < -0.4 is 0 Å². The van der Waals surface area contributed by atoms with Crippen molar-refractivity contribution in [3.63, 3.8) is 0 Å². The summed E-state index contributed by atoms with van der Waals surface area (Å²) in [7, 11) is 0. The maximum Gasteiger partial charge on any atom is 0.302 e. The van der Waals surface area contributed by atoms with E-state index < -0.39 is 11.4 Å². The molecule has 0 spiro atoms. The van der Waals surface area contributed by atoms with E-state index in [1.807, 2.05) is 6.07 Å². The van der Waals surface area contributed by atoms with Crippen molar-refractivity contribution < 1.29 is 14.3 Å². The first-order chi connectivity index (χ1) is 9.31. The van der Waals surface area contributed by atoms with E-state index in [-0.39, 0.29) is 12.4 Å². The third kappa shape index (κ3) is 2.90. The lowest BCUT2D eigenvalue weighted by atomic mass is 9.85. The molecule has 1 N–H and O–H groups in total. The van der Waals surface area contributed by atoms with Gasteiger partial charge in [0.1, 0.15) is 16.7 Å². The average Bonchev–Trinajstić information content (AvgIpc) is 2.78. The second kappa shape index (κ2) is 5.36. The molecule has 0 radical (unpaired) electrons.